The van der Waals surface area contributed by atoms with E-state index in [4.69, 9.17) is 10.5 Å². The molecule has 4 heterocycles. The maximum Gasteiger partial charge on any atom is 0.259 e. The molecule has 3 aliphatic rings. The topological polar surface area (TPSA) is 101 Å². The monoisotopic (exact) mass is 541 g/mol. The van der Waals surface area contributed by atoms with Crippen molar-refractivity contribution in [3.8, 4) is 17.2 Å². The number of pyridine rings is 1. The zero-order valence-electron chi connectivity index (χ0n) is 22.0. The van der Waals surface area contributed by atoms with E-state index in [0.29, 0.717) is 56.2 Å². The van der Waals surface area contributed by atoms with Gasteiger partial charge in [0, 0.05) is 58.4 Å². The Balaban J connectivity index is 1.45. The number of aromatic nitrogens is 1. The number of nitrogens with zero attached hydrogens (tertiary/aromatic N) is 4. The van der Waals surface area contributed by atoms with Crippen molar-refractivity contribution in [3.05, 3.63) is 70.3 Å². The summed E-state index contributed by atoms with van der Waals surface area (Å²) in [4.78, 5) is 44.4. The minimum atomic E-state index is -0.593. The molecule has 3 aliphatic heterocycles. The van der Waals surface area contributed by atoms with Gasteiger partial charge in [-0.05, 0) is 35.4 Å². The molecule has 2 amide bonds. The third-order valence-electron chi connectivity index (χ3n) is 8.25. The number of rotatable bonds is 2. The predicted octanol–water partition coefficient (Wildman–Crippen LogP) is 3.23. The molecular weight excluding hydrogens is 513 g/mol. The summed E-state index contributed by atoms with van der Waals surface area (Å²) in [5.74, 6) is -0.338. The fourth-order valence-corrected chi connectivity index (χ4v) is 6.12. The second-order valence-electron chi connectivity index (χ2n) is 10.7. The van der Waals surface area contributed by atoms with Gasteiger partial charge >= 0.3 is 0 Å². The highest BCUT2D eigenvalue weighted by molar-refractivity contribution is 6.02. The van der Waals surface area contributed by atoms with Crippen LogP contribution in [-0.2, 0) is 4.79 Å². The third-order valence-corrected chi connectivity index (χ3v) is 8.25. The summed E-state index contributed by atoms with van der Waals surface area (Å²) in [6, 6.07) is 12.8. The summed E-state index contributed by atoms with van der Waals surface area (Å²) in [6.45, 7) is 3.95. The average Bonchev–Trinajstić information content (AvgIpc) is 3.38. The van der Waals surface area contributed by atoms with Gasteiger partial charge in [-0.2, -0.15) is 0 Å². The Morgan fingerprint density at radius 2 is 1.70 bits per heavy atom. The molecule has 2 saturated heterocycles. The first-order valence-electron chi connectivity index (χ1n) is 13.5. The molecule has 40 heavy (non-hydrogen) atoms. The molecule has 4 aromatic rings. The van der Waals surface area contributed by atoms with Crippen molar-refractivity contribution < 1.29 is 18.7 Å². The molecule has 0 spiro atoms. The Hall–Kier alpha value is -4.44. The van der Waals surface area contributed by atoms with Crippen LogP contribution in [0.5, 0.6) is 11.5 Å². The van der Waals surface area contributed by atoms with E-state index in [9.17, 15) is 14.4 Å². The van der Waals surface area contributed by atoms with E-state index in [1.54, 1.807) is 20.6 Å². The highest BCUT2D eigenvalue weighted by Crippen LogP contribution is 2.48. The van der Waals surface area contributed by atoms with Crippen LogP contribution in [0.15, 0.2) is 53.5 Å². The standard InChI is InChI=1S/C30H28FN5O4/c1-17(37)33-8-10-34(11-9-33)30(39)22-16-36-24-12-18-4-2-3-5-19(18)13-25(24)40-29-26(36)21(28(22)38)14-23(31)27(29)35-7-6-20(32)15-35/h2-5,12-14,16,20H,6-11,15,32H2,1H3. The Bertz CT molecular complexity index is 1790. The number of fused-ring (bicyclic) bond motifs is 3. The van der Waals surface area contributed by atoms with Crippen molar-refractivity contribution in [2.45, 2.75) is 19.4 Å². The van der Waals surface area contributed by atoms with Crippen molar-refractivity contribution in [1.29, 1.82) is 0 Å². The van der Waals surface area contributed by atoms with E-state index in [-0.39, 0.29) is 34.3 Å². The Morgan fingerprint density at radius 1 is 1.00 bits per heavy atom. The Morgan fingerprint density at radius 3 is 2.38 bits per heavy atom. The molecular formula is C30H28FN5O4. The first kappa shape index (κ1) is 24.6. The van der Waals surface area contributed by atoms with Crippen LogP contribution in [-0.4, -0.2) is 71.5 Å². The minimum absolute atomic E-state index is 0.0499. The molecule has 0 aliphatic carbocycles. The quantitative estimate of drug-likeness (QED) is 0.368. The number of hydrogen-bond donors (Lipinski definition) is 1. The summed E-state index contributed by atoms with van der Waals surface area (Å²) < 4.78 is 24.1. The van der Waals surface area contributed by atoms with Gasteiger partial charge in [0.05, 0.1) is 11.1 Å². The van der Waals surface area contributed by atoms with Crippen LogP contribution in [0.25, 0.3) is 27.4 Å². The number of nitrogens with two attached hydrogens (primary N) is 1. The van der Waals surface area contributed by atoms with Crippen molar-refractivity contribution >= 4 is 39.2 Å². The molecule has 7 rings (SSSR count). The van der Waals surface area contributed by atoms with E-state index in [2.05, 4.69) is 0 Å². The summed E-state index contributed by atoms with van der Waals surface area (Å²) in [7, 11) is 0. The molecule has 1 unspecified atom stereocenters. The van der Waals surface area contributed by atoms with Crippen LogP contribution in [0.4, 0.5) is 10.1 Å². The van der Waals surface area contributed by atoms with E-state index in [1.165, 1.54) is 13.0 Å². The van der Waals surface area contributed by atoms with Gasteiger partial charge in [0.15, 0.2) is 17.3 Å². The molecule has 10 heteroatoms. The second kappa shape index (κ2) is 9.06. The summed E-state index contributed by atoms with van der Waals surface area (Å²) >= 11 is 0. The number of halogens is 1. The van der Waals surface area contributed by atoms with Crippen LogP contribution in [0.3, 0.4) is 0 Å². The molecule has 2 N–H and O–H groups in total. The van der Waals surface area contributed by atoms with Crippen LogP contribution in [0, 0.1) is 5.82 Å². The van der Waals surface area contributed by atoms with Gasteiger partial charge in [0.25, 0.3) is 5.91 Å². The van der Waals surface area contributed by atoms with Crippen molar-refractivity contribution in [2.24, 2.45) is 5.73 Å². The number of ether oxygens (including phenoxy) is 1. The van der Waals surface area contributed by atoms with Crippen LogP contribution < -0.4 is 20.8 Å². The highest BCUT2D eigenvalue weighted by Gasteiger charge is 2.34. The number of carbonyl (C=O) groups excluding carboxylic acids is 2. The number of benzene rings is 3. The third kappa shape index (κ3) is 3.74. The molecule has 3 aromatic carbocycles. The predicted molar refractivity (Wildman–Crippen MR) is 150 cm³/mol. The van der Waals surface area contributed by atoms with Crippen molar-refractivity contribution in [1.82, 2.24) is 14.4 Å². The van der Waals surface area contributed by atoms with Crippen LogP contribution in [0.1, 0.15) is 23.7 Å². The van der Waals surface area contributed by atoms with Gasteiger partial charge < -0.3 is 29.7 Å². The lowest BCUT2D eigenvalue weighted by Crippen LogP contribution is -2.50. The fourth-order valence-electron chi connectivity index (χ4n) is 6.12. The maximum atomic E-state index is 15.9. The summed E-state index contributed by atoms with van der Waals surface area (Å²) in [6.07, 6.45) is 2.27. The number of anilines is 1. The minimum Gasteiger partial charge on any atom is -0.451 e. The normalized spacial score (nSPS) is 18.3. The van der Waals surface area contributed by atoms with Crippen molar-refractivity contribution in [2.75, 3.05) is 44.2 Å². The molecule has 1 aromatic heterocycles. The van der Waals surface area contributed by atoms with E-state index in [0.717, 1.165) is 17.2 Å². The SMILES string of the molecule is CC(=O)N1CCN(C(=O)c2cn3c4c(c(N5CCC(N)C5)c(F)cc4c2=O)Oc2cc4ccccc4cc2-3)CC1. The Labute approximate surface area is 229 Å². The molecule has 2 fully saturated rings. The van der Waals surface area contributed by atoms with Gasteiger partial charge in [-0.1, -0.05) is 24.3 Å². The zero-order valence-corrected chi connectivity index (χ0v) is 22.0. The molecule has 0 saturated carbocycles. The smallest absolute Gasteiger partial charge is 0.259 e. The fraction of sp³-hybridized carbons (Fsp3) is 0.300. The van der Waals surface area contributed by atoms with Crippen LogP contribution >= 0.6 is 0 Å². The molecule has 1 atom stereocenters. The summed E-state index contributed by atoms with van der Waals surface area (Å²) in [5.41, 5.74) is 6.89. The molecule has 9 nitrogen and oxygen atoms in total. The largest absolute Gasteiger partial charge is 0.451 e. The lowest BCUT2D eigenvalue weighted by atomic mass is 10.0. The second-order valence-corrected chi connectivity index (χ2v) is 10.7. The molecule has 0 radical (unpaired) electrons. The highest BCUT2D eigenvalue weighted by atomic mass is 19.1. The van der Waals surface area contributed by atoms with Crippen molar-refractivity contribution in [3.63, 3.8) is 0 Å². The van der Waals surface area contributed by atoms with E-state index in [1.807, 2.05) is 41.3 Å². The molecule has 0 bridgehead atoms. The zero-order chi connectivity index (χ0) is 27.7. The number of hydrogen-bond acceptors (Lipinski definition) is 6. The number of amides is 2. The lowest BCUT2D eigenvalue weighted by molar-refractivity contribution is -0.130. The van der Waals surface area contributed by atoms with Gasteiger partial charge in [0.2, 0.25) is 11.3 Å². The van der Waals surface area contributed by atoms with Gasteiger partial charge in [0.1, 0.15) is 16.8 Å². The van der Waals surface area contributed by atoms with Gasteiger partial charge in [-0.25, -0.2) is 4.39 Å². The summed E-state index contributed by atoms with van der Waals surface area (Å²) in [5, 5.41) is 1.98. The maximum absolute atomic E-state index is 15.9. The van der Waals surface area contributed by atoms with Gasteiger partial charge in [-0.15, -0.1) is 0 Å². The van der Waals surface area contributed by atoms with Gasteiger partial charge in [-0.3, -0.25) is 14.4 Å². The average molecular weight is 542 g/mol. The van der Waals surface area contributed by atoms with E-state index >= 15 is 4.39 Å². The molecule has 204 valence electrons. The Kier molecular flexibility index (Phi) is 5.57. The first-order valence-corrected chi connectivity index (χ1v) is 13.5. The number of piperazine rings is 1. The van der Waals surface area contributed by atoms with E-state index < -0.39 is 17.2 Å². The first-order chi connectivity index (χ1) is 19.3. The van der Waals surface area contributed by atoms with Crippen LogP contribution in [0.2, 0.25) is 0 Å². The lowest BCUT2D eigenvalue weighted by Gasteiger charge is -2.34. The number of carbonyl (C=O) groups is 2.